The number of thioether (sulfide) groups is 1. The number of carbonyl (C=O) groups is 4. The summed E-state index contributed by atoms with van der Waals surface area (Å²) >= 11 is 2.40. The summed E-state index contributed by atoms with van der Waals surface area (Å²) in [7, 11) is 0. The highest BCUT2D eigenvalue weighted by Crippen LogP contribution is 2.41. The summed E-state index contributed by atoms with van der Waals surface area (Å²) in [6, 6.07) is 2.59. The van der Waals surface area contributed by atoms with Gasteiger partial charge in [0, 0.05) is 23.5 Å². The van der Waals surface area contributed by atoms with Crippen LogP contribution >= 0.6 is 47.9 Å². The Labute approximate surface area is 286 Å². The number of unbranched alkanes of at least 4 members (excludes halogenated alkanes) is 1. The number of nitrogens with two attached hydrogens (primary N) is 1. The molecule has 0 radical (unpaired) electrons. The number of β-lactam (4-membered cyclic amide) rings is 1. The van der Waals surface area contributed by atoms with Crippen LogP contribution in [0.25, 0.3) is 6.08 Å². The van der Waals surface area contributed by atoms with Crippen molar-refractivity contribution in [3.8, 4) is 0 Å². The third-order valence-electron chi connectivity index (χ3n) is 6.52. The summed E-state index contributed by atoms with van der Waals surface area (Å²) in [6.07, 6.45) is 10.5. The molecule has 0 saturated carbocycles. The molecule has 4 N–H and O–H groups in total. The molecule has 2 aromatic heterocycles. The van der Waals surface area contributed by atoms with Crippen LogP contribution in [0.15, 0.2) is 64.1 Å². The van der Waals surface area contributed by atoms with Crippen LogP contribution in [0.3, 0.4) is 0 Å². The first-order valence-corrected chi connectivity index (χ1v) is 15.7. The van der Waals surface area contributed by atoms with Gasteiger partial charge in [0.25, 0.3) is 11.8 Å². The van der Waals surface area contributed by atoms with Crippen LogP contribution in [0.1, 0.15) is 44.4 Å². The minimum atomic E-state index is -1.02. The number of pyridine rings is 1. The minimum absolute atomic E-state index is 0. The molecule has 0 spiro atoms. The summed E-state index contributed by atoms with van der Waals surface area (Å²) in [5.74, 6) is -2.46. The second-order valence-electron chi connectivity index (χ2n) is 9.58. The summed E-state index contributed by atoms with van der Waals surface area (Å²) < 4.78 is 10.9. The minimum Gasteiger partial charge on any atom is -0.462 e. The number of anilines is 1. The van der Waals surface area contributed by atoms with Crippen molar-refractivity contribution in [2.24, 2.45) is 5.16 Å². The Balaban J connectivity index is 0.00000368. The summed E-state index contributed by atoms with van der Waals surface area (Å²) in [6.45, 7) is 3.74. The van der Waals surface area contributed by atoms with Crippen LogP contribution < -0.4 is 11.1 Å². The molecule has 0 aliphatic carbocycles. The quantitative estimate of drug-likeness (QED) is 0.0522. The van der Waals surface area contributed by atoms with Crippen molar-refractivity contribution in [1.82, 2.24) is 20.2 Å². The molecule has 2 aliphatic heterocycles. The maximum absolute atomic E-state index is 13.6. The van der Waals surface area contributed by atoms with E-state index in [9.17, 15) is 24.4 Å². The van der Waals surface area contributed by atoms with E-state index in [-0.39, 0.29) is 60.1 Å². The van der Waals surface area contributed by atoms with E-state index in [4.69, 9.17) is 15.2 Å². The van der Waals surface area contributed by atoms with Crippen LogP contribution in [0, 0.1) is 0 Å². The van der Waals surface area contributed by atoms with Crippen molar-refractivity contribution in [1.29, 1.82) is 0 Å². The molecule has 0 unspecified atom stereocenters. The number of fused-ring (bicyclic) bond motifs is 1. The van der Waals surface area contributed by atoms with Gasteiger partial charge in [-0.2, -0.15) is 0 Å². The first-order chi connectivity index (χ1) is 21.3. The molecule has 4 heterocycles. The van der Waals surface area contributed by atoms with E-state index in [1.54, 1.807) is 36.7 Å². The second-order valence-corrected chi connectivity index (χ2v) is 11.6. The molecule has 2 aromatic rings. The largest absolute Gasteiger partial charge is 0.462 e. The molecule has 248 valence electrons. The fraction of sp³-hybridized carbons (Fsp3) is 0.345. The maximum atomic E-state index is 13.6. The predicted octanol–water partition coefficient (Wildman–Crippen LogP) is 3.73. The van der Waals surface area contributed by atoms with E-state index < -0.39 is 40.9 Å². The Morgan fingerprint density at radius 1 is 1.24 bits per heavy atom. The normalized spacial score (nSPS) is 17.8. The molecule has 0 aromatic carbocycles. The number of rotatable bonds is 13. The zero-order valence-electron chi connectivity index (χ0n) is 24.9. The van der Waals surface area contributed by atoms with E-state index in [1.165, 1.54) is 22.0 Å². The monoisotopic (exact) mass is 712 g/mol. The first-order valence-electron chi connectivity index (χ1n) is 13.8. The van der Waals surface area contributed by atoms with Crippen LogP contribution in [-0.2, 0) is 28.7 Å². The Hall–Kier alpha value is -3.92. The number of nitrogen functional groups attached to an aromatic ring is 1. The van der Waals surface area contributed by atoms with Gasteiger partial charge in [0.05, 0.1) is 12.2 Å². The van der Waals surface area contributed by atoms with Gasteiger partial charge < -0.3 is 25.7 Å². The zero-order valence-corrected chi connectivity index (χ0v) is 28.2. The van der Waals surface area contributed by atoms with E-state index in [0.717, 1.165) is 23.3 Å². The molecular weight excluding hydrogens is 679 g/mol. The summed E-state index contributed by atoms with van der Waals surface area (Å²) in [5, 5.41) is 16.0. The van der Waals surface area contributed by atoms with Gasteiger partial charge >= 0.3 is 11.9 Å². The van der Waals surface area contributed by atoms with Crippen LogP contribution in [-0.4, -0.2) is 79.9 Å². The van der Waals surface area contributed by atoms with Gasteiger partial charge in [-0.3, -0.25) is 19.5 Å². The van der Waals surface area contributed by atoms with Gasteiger partial charge in [0.1, 0.15) is 29.4 Å². The number of halogens is 2. The van der Waals surface area contributed by atoms with Gasteiger partial charge in [-0.25, -0.2) is 14.6 Å². The lowest BCUT2D eigenvalue weighted by atomic mass is 10.0. The smallest absolute Gasteiger partial charge is 0.355 e. The maximum Gasteiger partial charge on any atom is 0.355 e. The van der Waals surface area contributed by atoms with Gasteiger partial charge in [-0.15, -0.1) is 47.9 Å². The van der Waals surface area contributed by atoms with Crippen molar-refractivity contribution in [3.05, 3.63) is 70.2 Å². The zero-order chi connectivity index (χ0) is 31.6. The number of esters is 2. The SMILES string of the molecule is CC/C=C(\COC(=O)C1=C(/C=C\c2cccnc2)CS[C@H]2[C@H](NC(=O)C(=NO)c3csc(N)n3)C(=O)N12)C(=O)OCCCC.Cl.Cl. The lowest BCUT2D eigenvalue weighted by Gasteiger charge is -2.49. The van der Waals surface area contributed by atoms with Gasteiger partial charge in [0.2, 0.25) is 0 Å². The Bertz CT molecular complexity index is 1530. The first kappa shape index (κ1) is 38.3. The second kappa shape index (κ2) is 18.3. The highest BCUT2D eigenvalue weighted by molar-refractivity contribution is 8.00. The average Bonchev–Trinajstić information content (AvgIpc) is 3.46. The number of hydrogen-bond acceptors (Lipinski definition) is 13. The Morgan fingerprint density at radius 2 is 2.02 bits per heavy atom. The summed E-state index contributed by atoms with van der Waals surface area (Å²) in [4.78, 5) is 61.8. The van der Waals surface area contributed by atoms with Crippen molar-refractivity contribution in [2.75, 3.05) is 24.7 Å². The molecule has 1 fully saturated rings. The number of thiazole rings is 1. The third-order valence-corrected chi connectivity index (χ3v) is 8.50. The van der Waals surface area contributed by atoms with Gasteiger partial charge in [-0.05, 0) is 30.0 Å². The molecule has 46 heavy (non-hydrogen) atoms. The number of nitrogens with zero attached hydrogens (tertiary/aromatic N) is 4. The summed E-state index contributed by atoms with van der Waals surface area (Å²) in [5.41, 5.74) is 6.78. The fourth-order valence-corrected chi connectivity index (χ4v) is 6.18. The topological polar surface area (TPSA) is 186 Å². The van der Waals surface area contributed by atoms with E-state index in [2.05, 4.69) is 20.4 Å². The Morgan fingerprint density at radius 3 is 2.65 bits per heavy atom. The van der Waals surface area contributed by atoms with Crippen LogP contribution in [0.2, 0.25) is 0 Å². The van der Waals surface area contributed by atoms with Crippen molar-refractivity contribution in [3.63, 3.8) is 0 Å². The number of aromatic nitrogens is 2. The standard InChI is InChI=1S/C29H32N6O7S2.2ClH/c1-3-5-12-41-27(38)18(7-4-2)14-42-28(39)23-19(10-9-17-8-6-11-31-13-17)15-43-26-22(25(37)35(23)26)33-24(36)21(34-40)20-16-44-29(30)32-20;;/h6-11,13,16,22,26,40H,3-5,12,14-15H2,1-2H3,(H2,30,32)(H,33,36);2*1H/b10-9-,18-7+,34-21?;;/t22-,26+;;/m1../s1. The van der Waals surface area contributed by atoms with Crippen molar-refractivity contribution in [2.45, 2.75) is 44.5 Å². The number of ether oxygens (including phenoxy) is 2. The average molecular weight is 714 g/mol. The third kappa shape index (κ3) is 9.09. The molecule has 1 saturated heterocycles. The molecule has 2 amide bonds. The lowest BCUT2D eigenvalue weighted by molar-refractivity contribution is -0.152. The number of amides is 2. The highest BCUT2D eigenvalue weighted by atomic mass is 35.5. The van der Waals surface area contributed by atoms with Crippen molar-refractivity contribution < 1.29 is 33.9 Å². The van der Waals surface area contributed by atoms with Crippen LogP contribution in [0.5, 0.6) is 0 Å². The number of carbonyl (C=O) groups excluding carboxylic acids is 4. The molecule has 2 atom stereocenters. The number of nitrogens with one attached hydrogen (secondary N) is 1. The molecule has 17 heteroatoms. The van der Waals surface area contributed by atoms with E-state index in [1.807, 2.05) is 19.9 Å². The highest BCUT2D eigenvalue weighted by Gasteiger charge is 2.54. The number of allylic oxidation sites excluding steroid dienone is 2. The van der Waals surface area contributed by atoms with E-state index >= 15 is 0 Å². The molecule has 13 nitrogen and oxygen atoms in total. The van der Waals surface area contributed by atoms with E-state index in [0.29, 0.717) is 24.2 Å². The van der Waals surface area contributed by atoms with Crippen LogP contribution in [0.4, 0.5) is 5.13 Å². The Kier molecular flexibility index (Phi) is 15.2. The molecule has 2 aliphatic rings. The number of hydrogen-bond donors (Lipinski definition) is 3. The fourth-order valence-electron chi connectivity index (χ4n) is 4.31. The van der Waals surface area contributed by atoms with Crippen molar-refractivity contribution >= 4 is 88.6 Å². The van der Waals surface area contributed by atoms with Gasteiger partial charge in [-0.1, -0.05) is 49.7 Å². The molecular formula is C29H34Cl2N6O7S2. The number of oxime groups is 1. The lowest BCUT2D eigenvalue weighted by Crippen LogP contribution is -2.71. The molecule has 0 bridgehead atoms. The predicted molar refractivity (Wildman–Crippen MR) is 180 cm³/mol. The van der Waals surface area contributed by atoms with Gasteiger partial charge in [0.15, 0.2) is 10.8 Å². The molecule has 4 rings (SSSR count).